The summed E-state index contributed by atoms with van der Waals surface area (Å²) in [6, 6.07) is 8.29. The van der Waals surface area contributed by atoms with E-state index in [9.17, 15) is 0 Å². The first-order valence-corrected chi connectivity index (χ1v) is 6.71. The number of ether oxygens (including phenoxy) is 2. The van der Waals surface area contributed by atoms with Crippen LogP contribution in [0.1, 0.15) is 18.5 Å². The Balaban J connectivity index is 1.77. The molecule has 5 heteroatoms. The van der Waals surface area contributed by atoms with Gasteiger partial charge in [0.25, 0.3) is 0 Å². The molecular formula is C15H18N2O3. The number of nitrogens with zero attached hydrogens (tertiary/aromatic N) is 1. The highest BCUT2D eigenvalue weighted by Crippen LogP contribution is 2.32. The molecule has 0 aliphatic heterocycles. The first kappa shape index (κ1) is 13.0. The van der Waals surface area contributed by atoms with Crippen LogP contribution in [0.25, 0.3) is 11.3 Å². The van der Waals surface area contributed by atoms with Crippen LogP contribution >= 0.6 is 0 Å². The lowest BCUT2D eigenvalue weighted by Crippen LogP contribution is -2.15. The monoisotopic (exact) mass is 274 g/mol. The summed E-state index contributed by atoms with van der Waals surface area (Å²) >= 11 is 0. The van der Waals surface area contributed by atoms with Crippen LogP contribution in [0.2, 0.25) is 0 Å². The SMILES string of the molecule is COc1ccc(-c2cc(CNC3CC3)no2)cc1OC. The second-order valence-corrected chi connectivity index (χ2v) is 4.91. The van der Waals surface area contributed by atoms with Gasteiger partial charge in [0.1, 0.15) is 0 Å². The van der Waals surface area contributed by atoms with Gasteiger partial charge in [-0.05, 0) is 31.0 Å². The van der Waals surface area contributed by atoms with Crippen molar-refractivity contribution in [3.05, 3.63) is 30.0 Å². The number of aromatic nitrogens is 1. The molecule has 1 aliphatic rings. The molecule has 0 spiro atoms. The maximum atomic E-state index is 5.39. The van der Waals surface area contributed by atoms with Gasteiger partial charge in [0.15, 0.2) is 17.3 Å². The smallest absolute Gasteiger partial charge is 0.167 e. The third-order valence-corrected chi connectivity index (χ3v) is 3.38. The first-order valence-electron chi connectivity index (χ1n) is 6.71. The second-order valence-electron chi connectivity index (χ2n) is 4.91. The van der Waals surface area contributed by atoms with Gasteiger partial charge in [-0.1, -0.05) is 5.16 Å². The molecule has 3 rings (SSSR count). The molecule has 1 saturated carbocycles. The summed E-state index contributed by atoms with van der Waals surface area (Å²) in [4.78, 5) is 0. The maximum absolute atomic E-state index is 5.39. The summed E-state index contributed by atoms with van der Waals surface area (Å²) in [7, 11) is 3.24. The van der Waals surface area contributed by atoms with Crippen molar-refractivity contribution in [2.45, 2.75) is 25.4 Å². The zero-order valence-electron chi connectivity index (χ0n) is 11.7. The number of nitrogens with one attached hydrogen (secondary N) is 1. The van der Waals surface area contributed by atoms with Gasteiger partial charge in [0.2, 0.25) is 0 Å². The summed E-state index contributed by atoms with van der Waals surface area (Å²) in [6.07, 6.45) is 2.53. The second kappa shape index (κ2) is 5.54. The van der Waals surface area contributed by atoms with Crippen molar-refractivity contribution in [3.63, 3.8) is 0 Å². The van der Waals surface area contributed by atoms with Crippen molar-refractivity contribution >= 4 is 0 Å². The molecule has 5 nitrogen and oxygen atoms in total. The Kier molecular flexibility index (Phi) is 3.60. The van der Waals surface area contributed by atoms with Crippen LogP contribution in [-0.2, 0) is 6.54 Å². The van der Waals surface area contributed by atoms with E-state index in [1.807, 2.05) is 24.3 Å². The summed E-state index contributed by atoms with van der Waals surface area (Å²) in [5.41, 5.74) is 1.84. The number of hydrogen-bond donors (Lipinski definition) is 1. The molecular weight excluding hydrogens is 256 g/mol. The summed E-state index contributed by atoms with van der Waals surface area (Å²) in [5, 5.41) is 7.49. The van der Waals surface area contributed by atoms with E-state index in [0.717, 1.165) is 23.6 Å². The first-order chi connectivity index (χ1) is 9.80. The Morgan fingerprint density at radius 1 is 1.20 bits per heavy atom. The van der Waals surface area contributed by atoms with E-state index < -0.39 is 0 Å². The Morgan fingerprint density at radius 2 is 2.00 bits per heavy atom. The van der Waals surface area contributed by atoms with Crippen LogP contribution in [-0.4, -0.2) is 25.4 Å². The molecule has 1 N–H and O–H groups in total. The van der Waals surface area contributed by atoms with Crippen molar-refractivity contribution in [1.29, 1.82) is 0 Å². The normalized spacial score (nSPS) is 14.3. The lowest BCUT2D eigenvalue weighted by atomic mass is 10.1. The minimum Gasteiger partial charge on any atom is -0.493 e. The van der Waals surface area contributed by atoms with E-state index in [0.29, 0.717) is 17.5 Å². The molecule has 2 aromatic rings. The Hall–Kier alpha value is -2.01. The predicted molar refractivity (Wildman–Crippen MR) is 74.9 cm³/mol. The van der Waals surface area contributed by atoms with Gasteiger partial charge in [-0.2, -0.15) is 0 Å². The fourth-order valence-electron chi connectivity index (χ4n) is 2.06. The molecule has 0 saturated heterocycles. The number of rotatable bonds is 6. The van der Waals surface area contributed by atoms with Crippen molar-refractivity contribution in [1.82, 2.24) is 10.5 Å². The largest absolute Gasteiger partial charge is 0.493 e. The molecule has 1 aliphatic carbocycles. The molecule has 1 aromatic heterocycles. The molecule has 0 bridgehead atoms. The number of hydrogen-bond acceptors (Lipinski definition) is 5. The molecule has 20 heavy (non-hydrogen) atoms. The molecule has 0 unspecified atom stereocenters. The van der Waals surface area contributed by atoms with E-state index in [1.165, 1.54) is 12.8 Å². The van der Waals surface area contributed by atoms with Gasteiger partial charge in [-0.3, -0.25) is 0 Å². The zero-order valence-corrected chi connectivity index (χ0v) is 11.7. The topological polar surface area (TPSA) is 56.5 Å². The van der Waals surface area contributed by atoms with Crippen molar-refractivity contribution in [2.75, 3.05) is 14.2 Å². The van der Waals surface area contributed by atoms with Gasteiger partial charge in [-0.15, -0.1) is 0 Å². The molecule has 1 aromatic carbocycles. The van der Waals surface area contributed by atoms with E-state index in [1.54, 1.807) is 14.2 Å². The standard InChI is InChI=1S/C15H18N2O3/c1-18-13-6-3-10(7-15(13)19-2)14-8-12(17-20-14)9-16-11-4-5-11/h3,6-8,11,16H,4-5,9H2,1-2H3. The van der Waals surface area contributed by atoms with Crippen LogP contribution in [0, 0.1) is 0 Å². The van der Waals surface area contributed by atoms with Crippen molar-refractivity contribution < 1.29 is 14.0 Å². The van der Waals surface area contributed by atoms with Gasteiger partial charge in [0.05, 0.1) is 19.9 Å². The average molecular weight is 274 g/mol. The number of benzene rings is 1. The third-order valence-electron chi connectivity index (χ3n) is 3.38. The molecule has 0 amide bonds. The molecule has 1 heterocycles. The maximum Gasteiger partial charge on any atom is 0.167 e. The van der Waals surface area contributed by atoms with E-state index in [-0.39, 0.29) is 0 Å². The fourth-order valence-corrected chi connectivity index (χ4v) is 2.06. The minimum absolute atomic E-state index is 0.663. The van der Waals surface area contributed by atoms with Crippen LogP contribution in [0.3, 0.4) is 0 Å². The summed E-state index contributed by atoms with van der Waals surface area (Å²) in [5.74, 6) is 2.11. The quantitative estimate of drug-likeness (QED) is 0.877. The highest BCUT2D eigenvalue weighted by atomic mass is 16.5. The van der Waals surface area contributed by atoms with Crippen molar-refractivity contribution in [3.8, 4) is 22.8 Å². The minimum atomic E-state index is 0.663. The Morgan fingerprint density at radius 3 is 2.70 bits per heavy atom. The predicted octanol–water partition coefficient (Wildman–Crippen LogP) is 2.61. The van der Waals surface area contributed by atoms with E-state index >= 15 is 0 Å². The van der Waals surface area contributed by atoms with E-state index in [2.05, 4.69) is 10.5 Å². The molecule has 1 fully saturated rings. The third kappa shape index (κ3) is 2.77. The van der Waals surface area contributed by atoms with Gasteiger partial charge in [-0.25, -0.2) is 0 Å². The molecule has 0 atom stereocenters. The van der Waals surface area contributed by atoms with Gasteiger partial charge < -0.3 is 19.3 Å². The Labute approximate surface area is 117 Å². The molecule has 106 valence electrons. The highest BCUT2D eigenvalue weighted by molar-refractivity contribution is 5.62. The van der Waals surface area contributed by atoms with Crippen LogP contribution < -0.4 is 14.8 Å². The van der Waals surface area contributed by atoms with Crippen LogP contribution in [0.15, 0.2) is 28.8 Å². The fraction of sp³-hybridized carbons (Fsp3) is 0.400. The van der Waals surface area contributed by atoms with Gasteiger partial charge in [0, 0.05) is 24.2 Å². The summed E-state index contributed by atoms with van der Waals surface area (Å²) < 4.78 is 15.9. The van der Waals surface area contributed by atoms with Crippen LogP contribution in [0.4, 0.5) is 0 Å². The van der Waals surface area contributed by atoms with Crippen molar-refractivity contribution in [2.24, 2.45) is 0 Å². The highest BCUT2D eigenvalue weighted by Gasteiger charge is 2.20. The lowest BCUT2D eigenvalue weighted by molar-refractivity contribution is 0.355. The zero-order chi connectivity index (χ0) is 13.9. The summed E-state index contributed by atoms with van der Waals surface area (Å²) in [6.45, 7) is 0.751. The average Bonchev–Trinajstić information content (AvgIpc) is 3.21. The lowest BCUT2D eigenvalue weighted by Gasteiger charge is -2.07. The molecule has 0 radical (unpaired) electrons. The van der Waals surface area contributed by atoms with Crippen LogP contribution in [0.5, 0.6) is 11.5 Å². The van der Waals surface area contributed by atoms with E-state index in [4.69, 9.17) is 14.0 Å². The number of methoxy groups -OCH3 is 2. The Bertz CT molecular complexity index is 591. The van der Waals surface area contributed by atoms with Gasteiger partial charge >= 0.3 is 0 Å².